The van der Waals surface area contributed by atoms with Crippen LogP contribution in [0.25, 0.3) is 0 Å². The van der Waals surface area contributed by atoms with Gasteiger partial charge in [0.15, 0.2) is 0 Å². The van der Waals surface area contributed by atoms with Crippen molar-refractivity contribution in [3.63, 3.8) is 0 Å². The molecule has 6 nitrogen and oxygen atoms in total. The first-order chi connectivity index (χ1) is 12.1. The summed E-state index contributed by atoms with van der Waals surface area (Å²) in [6.45, 7) is 5.00. The summed E-state index contributed by atoms with van der Waals surface area (Å²) in [7, 11) is 0. The van der Waals surface area contributed by atoms with Crippen LogP contribution in [0, 0.1) is 0 Å². The number of benzene rings is 2. The fourth-order valence-electron chi connectivity index (χ4n) is 2.86. The highest BCUT2D eigenvalue weighted by molar-refractivity contribution is 6.34. The molecule has 1 aliphatic heterocycles. The van der Waals surface area contributed by atoms with E-state index in [-0.39, 0.29) is 17.8 Å². The highest BCUT2D eigenvalue weighted by Gasteiger charge is 2.36. The van der Waals surface area contributed by atoms with Gasteiger partial charge in [0.1, 0.15) is 0 Å². The number of hydrogen-bond donors (Lipinski definition) is 1. The van der Waals surface area contributed by atoms with Gasteiger partial charge in [0.25, 0.3) is 11.8 Å². The fraction of sp³-hybridized carbons (Fsp3) is 0.211. The predicted molar refractivity (Wildman–Crippen MR) is 96.0 cm³/mol. The molecule has 6 heteroatoms. The molecule has 0 saturated carbocycles. The van der Waals surface area contributed by atoms with Crippen LogP contribution in [0.4, 0.5) is 16.2 Å². The van der Waals surface area contributed by atoms with Crippen LogP contribution in [0.2, 0.25) is 0 Å². The minimum absolute atomic E-state index is 0.218. The molecule has 4 amide bonds. The van der Waals surface area contributed by atoms with Gasteiger partial charge in [0.2, 0.25) is 0 Å². The third-order valence-electron chi connectivity index (χ3n) is 4.20. The van der Waals surface area contributed by atoms with Crippen LogP contribution < -0.4 is 10.2 Å². The number of imide groups is 1. The molecule has 3 rings (SSSR count). The van der Waals surface area contributed by atoms with Gasteiger partial charge >= 0.3 is 6.03 Å². The van der Waals surface area contributed by atoms with E-state index in [1.54, 1.807) is 53.4 Å². The van der Waals surface area contributed by atoms with E-state index in [9.17, 15) is 14.4 Å². The summed E-state index contributed by atoms with van der Waals surface area (Å²) < 4.78 is 0. The molecule has 128 valence electrons. The Labute approximate surface area is 146 Å². The lowest BCUT2D eigenvalue weighted by Crippen LogP contribution is -2.34. The van der Waals surface area contributed by atoms with Crippen molar-refractivity contribution in [2.45, 2.75) is 13.8 Å². The predicted octanol–water partition coefficient (Wildman–Crippen LogP) is 3.36. The number of rotatable bonds is 4. The summed E-state index contributed by atoms with van der Waals surface area (Å²) in [6, 6.07) is 13.3. The molecular formula is C19H19N3O3. The molecule has 0 spiro atoms. The molecule has 1 aliphatic rings. The summed E-state index contributed by atoms with van der Waals surface area (Å²) in [6.07, 6.45) is 0. The Hall–Kier alpha value is -3.15. The van der Waals surface area contributed by atoms with Crippen LogP contribution in [0.5, 0.6) is 0 Å². The van der Waals surface area contributed by atoms with E-state index in [4.69, 9.17) is 0 Å². The van der Waals surface area contributed by atoms with Crippen LogP contribution in [-0.4, -0.2) is 35.8 Å². The highest BCUT2D eigenvalue weighted by Crippen LogP contribution is 2.29. The number of hydrogen-bond acceptors (Lipinski definition) is 3. The molecule has 0 aliphatic carbocycles. The molecule has 1 heterocycles. The van der Waals surface area contributed by atoms with Crippen molar-refractivity contribution in [3.8, 4) is 0 Å². The van der Waals surface area contributed by atoms with Crippen LogP contribution in [0.3, 0.4) is 0 Å². The lowest BCUT2D eigenvalue weighted by molar-refractivity contribution is 0.0926. The molecule has 0 fully saturated rings. The Kier molecular flexibility index (Phi) is 4.52. The van der Waals surface area contributed by atoms with E-state index in [2.05, 4.69) is 5.32 Å². The summed E-state index contributed by atoms with van der Waals surface area (Å²) in [5.41, 5.74) is 1.75. The molecular weight excluding hydrogens is 318 g/mol. The van der Waals surface area contributed by atoms with Gasteiger partial charge in [-0.15, -0.1) is 0 Å². The Bertz CT molecular complexity index is 808. The number of nitrogens with zero attached hydrogens (tertiary/aromatic N) is 2. The lowest BCUT2D eigenvalue weighted by atomic mass is 10.1. The largest absolute Gasteiger partial charge is 0.325 e. The monoisotopic (exact) mass is 337 g/mol. The van der Waals surface area contributed by atoms with Crippen LogP contribution in [0.15, 0.2) is 48.5 Å². The second kappa shape index (κ2) is 6.76. The van der Waals surface area contributed by atoms with Crippen molar-refractivity contribution in [2.24, 2.45) is 0 Å². The maximum atomic E-state index is 12.6. The van der Waals surface area contributed by atoms with Crippen molar-refractivity contribution in [1.29, 1.82) is 0 Å². The van der Waals surface area contributed by atoms with Gasteiger partial charge in [-0.2, -0.15) is 0 Å². The second-order valence-corrected chi connectivity index (χ2v) is 5.64. The molecule has 0 radical (unpaired) electrons. The summed E-state index contributed by atoms with van der Waals surface area (Å²) in [5, 5.41) is 2.80. The average Bonchev–Trinajstić information content (AvgIpc) is 2.87. The number of fused-ring (bicyclic) bond motifs is 1. The van der Waals surface area contributed by atoms with Gasteiger partial charge in [-0.05, 0) is 44.2 Å². The number of anilines is 2. The normalized spacial score (nSPS) is 13.0. The van der Waals surface area contributed by atoms with Crippen molar-refractivity contribution in [1.82, 2.24) is 4.90 Å². The minimum atomic E-state index is -0.354. The smallest absolute Gasteiger partial charge is 0.321 e. The van der Waals surface area contributed by atoms with Crippen LogP contribution in [0.1, 0.15) is 34.6 Å². The molecule has 0 saturated heterocycles. The zero-order valence-corrected chi connectivity index (χ0v) is 14.2. The van der Waals surface area contributed by atoms with Gasteiger partial charge in [-0.3, -0.25) is 9.59 Å². The lowest BCUT2D eigenvalue weighted by Gasteiger charge is -2.20. The first-order valence-electron chi connectivity index (χ1n) is 8.20. The zero-order valence-electron chi connectivity index (χ0n) is 14.2. The minimum Gasteiger partial charge on any atom is -0.325 e. The molecule has 0 bridgehead atoms. The quantitative estimate of drug-likeness (QED) is 0.870. The molecule has 0 unspecified atom stereocenters. The SMILES string of the molecule is CCN(CC)C(=O)Nc1cccc(N2C(=O)c3ccccc3C2=O)c1. The number of nitrogens with one attached hydrogen (secondary N) is 1. The Morgan fingerprint density at radius 1 is 0.960 bits per heavy atom. The molecule has 0 atom stereocenters. The summed E-state index contributed by atoms with van der Waals surface area (Å²) in [5.74, 6) is -0.708. The van der Waals surface area contributed by atoms with Gasteiger partial charge in [0, 0.05) is 18.8 Å². The maximum Gasteiger partial charge on any atom is 0.321 e. The van der Waals surface area contributed by atoms with E-state index < -0.39 is 0 Å². The Balaban J connectivity index is 1.87. The first kappa shape index (κ1) is 16.7. The van der Waals surface area contributed by atoms with E-state index in [1.165, 1.54) is 0 Å². The standard InChI is InChI=1S/C19H19N3O3/c1-3-21(4-2)19(25)20-13-8-7-9-14(12-13)22-17(23)15-10-5-6-11-16(15)18(22)24/h5-12H,3-4H2,1-2H3,(H,20,25). The van der Waals surface area contributed by atoms with Crippen molar-refractivity contribution >= 4 is 29.2 Å². The van der Waals surface area contributed by atoms with Crippen molar-refractivity contribution < 1.29 is 14.4 Å². The van der Waals surface area contributed by atoms with Crippen LogP contribution in [-0.2, 0) is 0 Å². The third-order valence-corrected chi connectivity index (χ3v) is 4.20. The van der Waals surface area contributed by atoms with E-state index in [0.717, 1.165) is 4.90 Å². The number of urea groups is 1. The summed E-state index contributed by atoms with van der Waals surface area (Å²) >= 11 is 0. The number of carbonyl (C=O) groups excluding carboxylic acids is 3. The van der Waals surface area contributed by atoms with Crippen LogP contribution >= 0.6 is 0 Å². The third kappa shape index (κ3) is 2.98. The average molecular weight is 337 g/mol. The molecule has 0 aromatic heterocycles. The maximum absolute atomic E-state index is 12.6. The number of carbonyl (C=O) groups is 3. The van der Waals surface area contributed by atoms with Gasteiger partial charge in [-0.25, -0.2) is 9.69 Å². The van der Waals surface area contributed by atoms with Gasteiger partial charge in [-0.1, -0.05) is 18.2 Å². The fourth-order valence-corrected chi connectivity index (χ4v) is 2.86. The topological polar surface area (TPSA) is 69.7 Å². The molecule has 25 heavy (non-hydrogen) atoms. The number of amides is 4. The van der Waals surface area contributed by atoms with E-state index >= 15 is 0 Å². The Morgan fingerprint density at radius 2 is 1.56 bits per heavy atom. The van der Waals surface area contributed by atoms with E-state index in [1.807, 2.05) is 13.8 Å². The van der Waals surface area contributed by atoms with Gasteiger partial charge in [0.05, 0.1) is 16.8 Å². The van der Waals surface area contributed by atoms with Gasteiger partial charge < -0.3 is 10.2 Å². The van der Waals surface area contributed by atoms with Crippen molar-refractivity contribution in [3.05, 3.63) is 59.7 Å². The molecule has 2 aromatic carbocycles. The first-order valence-corrected chi connectivity index (χ1v) is 8.20. The Morgan fingerprint density at radius 3 is 2.12 bits per heavy atom. The second-order valence-electron chi connectivity index (χ2n) is 5.64. The highest BCUT2D eigenvalue weighted by atomic mass is 16.2. The summed E-state index contributed by atoms with van der Waals surface area (Å²) in [4.78, 5) is 40.1. The molecule has 1 N–H and O–H groups in total. The van der Waals surface area contributed by atoms with E-state index in [0.29, 0.717) is 35.6 Å². The van der Waals surface area contributed by atoms with Crippen molar-refractivity contribution in [2.75, 3.05) is 23.3 Å². The zero-order chi connectivity index (χ0) is 18.0. The molecule has 2 aromatic rings.